The quantitative estimate of drug-likeness (QED) is 0.840. The molecule has 2 aromatic rings. The molecule has 4 nitrogen and oxygen atoms in total. The molecule has 116 valence electrons. The average Bonchev–Trinajstić information content (AvgIpc) is 2.55. The molecule has 0 fully saturated rings. The second-order valence-electron chi connectivity index (χ2n) is 5.18. The van der Waals surface area contributed by atoms with Crippen molar-refractivity contribution in [2.24, 2.45) is 0 Å². The van der Waals surface area contributed by atoms with Crippen molar-refractivity contribution in [3.05, 3.63) is 70.8 Å². The lowest BCUT2D eigenvalue weighted by atomic mass is 10.0. The zero-order valence-electron chi connectivity index (χ0n) is 13.2. The number of rotatable bonds is 4. The van der Waals surface area contributed by atoms with Crippen molar-refractivity contribution < 1.29 is 9.53 Å². The summed E-state index contributed by atoms with van der Waals surface area (Å²) in [5.74, 6) is 0. The van der Waals surface area contributed by atoms with Crippen LogP contribution >= 0.6 is 0 Å². The summed E-state index contributed by atoms with van der Waals surface area (Å²) in [5, 5.41) is 11.4. The number of allylic oxidation sites excluding steroid dienone is 1. The second kappa shape index (κ2) is 7.81. The van der Waals surface area contributed by atoms with Gasteiger partial charge in [0.15, 0.2) is 0 Å². The molecule has 0 saturated carbocycles. The Morgan fingerprint density at radius 3 is 2.48 bits per heavy atom. The van der Waals surface area contributed by atoms with Crippen molar-refractivity contribution >= 4 is 17.9 Å². The number of hydrogen-bond acceptors (Lipinski definition) is 3. The molecule has 0 radical (unpaired) electrons. The van der Waals surface area contributed by atoms with Crippen molar-refractivity contribution in [1.82, 2.24) is 0 Å². The van der Waals surface area contributed by atoms with Crippen molar-refractivity contribution in [2.75, 3.05) is 5.32 Å². The Kier molecular flexibility index (Phi) is 5.54. The van der Waals surface area contributed by atoms with Gasteiger partial charge >= 0.3 is 6.09 Å². The van der Waals surface area contributed by atoms with E-state index in [1.807, 2.05) is 62.4 Å². The molecular formula is C19H18N2O2. The van der Waals surface area contributed by atoms with Crippen LogP contribution in [0.4, 0.5) is 10.5 Å². The van der Waals surface area contributed by atoms with Gasteiger partial charge in [-0.3, -0.25) is 5.32 Å². The van der Waals surface area contributed by atoms with E-state index < -0.39 is 6.09 Å². The zero-order chi connectivity index (χ0) is 16.7. The van der Waals surface area contributed by atoms with Gasteiger partial charge < -0.3 is 4.74 Å². The smallest absolute Gasteiger partial charge is 0.411 e. The van der Waals surface area contributed by atoms with Gasteiger partial charge in [-0.1, -0.05) is 30.3 Å². The molecule has 0 aliphatic rings. The van der Waals surface area contributed by atoms with Crippen LogP contribution in [0.3, 0.4) is 0 Å². The molecule has 0 unspecified atom stereocenters. The third-order valence-electron chi connectivity index (χ3n) is 3.35. The summed E-state index contributed by atoms with van der Waals surface area (Å²) in [7, 11) is 0. The molecule has 0 saturated heterocycles. The molecule has 0 spiro atoms. The molecule has 23 heavy (non-hydrogen) atoms. The lowest BCUT2D eigenvalue weighted by molar-refractivity contribution is 0.155. The van der Waals surface area contributed by atoms with Gasteiger partial charge in [0.2, 0.25) is 0 Å². The number of ether oxygens (including phenoxy) is 1. The number of benzene rings is 2. The third-order valence-corrected chi connectivity index (χ3v) is 3.35. The van der Waals surface area contributed by atoms with Crippen LogP contribution in [0, 0.1) is 25.2 Å². The van der Waals surface area contributed by atoms with E-state index in [1.165, 1.54) is 6.08 Å². The van der Waals surface area contributed by atoms with Gasteiger partial charge in [-0.05, 0) is 54.3 Å². The van der Waals surface area contributed by atoms with Crippen LogP contribution in [-0.2, 0) is 11.3 Å². The summed E-state index contributed by atoms with van der Waals surface area (Å²) in [5.41, 5.74) is 4.42. The number of nitrogens with one attached hydrogen (secondary N) is 1. The summed E-state index contributed by atoms with van der Waals surface area (Å²) in [6, 6.07) is 15.3. The Labute approximate surface area is 136 Å². The van der Waals surface area contributed by atoms with Crippen LogP contribution < -0.4 is 5.32 Å². The largest absolute Gasteiger partial charge is 0.444 e. The van der Waals surface area contributed by atoms with E-state index in [-0.39, 0.29) is 6.61 Å². The Balaban J connectivity index is 2.03. The number of hydrogen-bond donors (Lipinski definition) is 1. The second-order valence-corrected chi connectivity index (χ2v) is 5.18. The Hall–Kier alpha value is -3.06. The fourth-order valence-corrected chi connectivity index (χ4v) is 2.29. The predicted molar refractivity (Wildman–Crippen MR) is 90.8 cm³/mol. The highest BCUT2D eigenvalue weighted by Crippen LogP contribution is 2.23. The minimum absolute atomic E-state index is 0.230. The fraction of sp³-hybridized carbons (Fsp3) is 0.158. The van der Waals surface area contributed by atoms with Gasteiger partial charge in [0.25, 0.3) is 0 Å². The Morgan fingerprint density at radius 2 is 1.87 bits per heavy atom. The van der Waals surface area contributed by atoms with Crippen molar-refractivity contribution in [3.8, 4) is 6.07 Å². The highest BCUT2D eigenvalue weighted by Gasteiger charge is 2.09. The number of carbonyl (C=O) groups is 1. The first kappa shape index (κ1) is 16.3. The molecule has 4 heteroatoms. The first-order chi connectivity index (χ1) is 11.1. The van der Waals surface area contributed by atoms with E-state index >= 15 is 0 Å². The summed E-state index contributed by atoms with van der Waals surface area (Å²) >= 11 is 0. The van der Waals surface area contributed by atoms with Gasteiger partial charge in [0.1, 0.15) is 6.61 Å². The number of carbonyl (C=O) groups excluding carboxylic acids is 1. The number of nitriles is 1. The summed E-state index contributed by atoms with van der Waals surface area (Å²) in [4.78, 5) is 12.0. The first-order valence-electron chi connectivity index (χ1n) is 7.25. The average molecular weight is 306 g/mol. The lowest BCUT2D eigenvalue weighted by Crippen LogP contribution is -2.15. The maximum absolute atomic E-state index is 12.0. The highest BCUT2D eigenvalue weighted by molar-refractivity contribution is 5.87. The minimum Gasteiger partial charge on any atom is -0.444 e. The Bertz CT molecular complexity index is 736. The standard InChI is InChI=1S/C19H18N2O2/c1-14-11-17(9-6-10-20)12-15(2)18(14)21-19(22)23-13-16-7-4-3-5-8-16/h3-9,11-12H,13H2,1-2H3,(H,21,22)/b9-6+. The van der Waals surface area contributed by atoms with Gasteiger partial charge in [-0.25, -0.2) is 4.79 Å². The van der Waals surface area contributed by atoms with Crippen LogP contribution in [-0.4, -0.2) is 6.09 Å². The van der Waals surface area contributed by atoms with Crippen LogP contribution in [0.5, 0.6) is 0 Å². The van der Waals surface area contributed by atoms with Crippen molar-refractivity contribution in [2.45, 2.75) is 20.5 Å². The van der Waals surface area contributed by atoms with E-state index in [9.17, 15) is 4.79 Å². The SMILES string of the molecule is Cc1cc(/C=C/C#N)cc(C)c1NC(=O)OCc1ccccc1. The van der Waals surface area contributed by atoms with Crippen LogP contribution in [0.2, 0.25) is 0 Å². The molecule has 0 heterocycles. The van der Waals surface area contributed by atoms with E-state index in [4.69, 9.17) is 10.00 Å². The molecule has 0 aliphatic carbocycles. The maximum Gasteiger partial charge on any atom is 0.411 e. The topological polar surface area (TPSA) is 62.1 Å². The molecule has 2 aromatic carbocycles. The normalized spacial score (nSPS) is 10.3. The molecule has 0 aliphatic heterocycles. The molecule has 0 atom stereocenters. The van der Waals surface area contributed by atoms with Gasteiger partial charge in [0, 0.05) is 11.8 Å². The van der Waals surface area contributed by atoms with Crippen LogP contribution in [0.1, 0.15) is 22.3 Å². The van der Waals surface area contributed by atoms with E-state index in [1.54, 1.807) is 6.08 Å². The van der Waals surface area contributed by atoms with Crippen LogP contribution in [0.25, 0.3) is 6.08 Å². The summed E-state index contributed by atoms with van der Waals surface area (Å²) in [6.45, 7) is 4.04. The first-order valence-corrected chi connectivity index (χ1v) is 7.25. The highest BCUT2D eigenvalue weighted by atomic mass is 16.5. The summed E-state index contributed by atoms with van der Waals surface area (Å²) in [6.07, 6.45) is 2.67. The van der Waals surface area contributed by atoms with Crippen LogP contribution in [0.15, 0.2) is 48.5 Å². The van der Waals surface area contributed by atoms with Crippen molar-refractivity contribution in [3.63, 3.8) is 0 Å². The molecule has 2 rings (SSSR count). The van der Waals surface area contributed by atoms with Gasteiger partial charge in [-0.2, -0.15) is 5.26 Å². The molecule has 0 aromatic heterocycles. The summed E-state index contributed by atoms with van der Waals surface area (Å²) < 4.78 is 5.23. The van der Waals surface area contributed by atoms with Gasteiger partial charge in [-0.15, -0.1) is 0 Å². The number of nitrogens with zero attached hydrogens (tertiary/aromatic N) is 1. The lowest BCUT2D eigenvalue weighted by Gasteiger charge is -2.13. The van der Waals surface area contributed by atoms with Gasteiger partial charge in [0.05, 0.1) is 6.07 Å². The number of amides is 1. The maximum atomic E-state index is 12.0. The third kappa shape index (κ3) is 4.72. The molecule has 1 N–H and O–H groups in total. The fourth-order valence-electron chi connectivity index (χ4n) is 2.29. The molecule has 1 amide bonds. The zero-order valence-corrected chi connectivity index (χ0v) is 13.2. The van der Waals surface area contributed by atoms with E-state index in [2.05, 4.69) is 5.32 Å². The Morgan fingerprint density at radius 1 is 1.22 bits per heavy atom. The minimum atomic E-state index is -0.486. The number of anilines is 1. The monoisotopic (exact) mass is 306 g/mol. The molecule has 0 bridgehead atoms. The number of aryl methyl sites for hydroxylation is 2. The van der Waals surface area contributed by atoms with Crippen molar-refractivity contribution in [1.29, 1.82) is 5.26 Å². The van der Waals surface area contributed by atoms with E-state index in [0.717, 1.165) is 27.9 Å². The molecular weight excluding hydrogens is 288 g/mol. The predicted octanol–water partition coefficient (Wildman–Crippen LogP) is 4.59. The van der Waals surface area contributed by atoms with E-state index in [0.29, 0.717) is 0 Å².